The standard InChI is InChI=1S/C13H18N2O2S/c16-12-1-3-13(4-7-17-10-13)9-15(12)6-2-11-14-5-8-18-11/h5,8H,1-4,6-7,9-10H2/t13-/m1/s1. The summed E-state index contributed by atoms with van der Waals surface area (Å²) in [6.07, 6.45) is 5.49. The van der Waals surface area contributed by atoms with Gasteiger partial charge in [-0.1, -0.05) is 0 Å². The highest BCUT2D eigenvalue weighted by Crippen LogP contribution is 2.38. The van der Waals surface area contributed by atoms with Gasteiger partial charge in [0.1, 0.15) is 0 Å². The fraction of sp³-hybridized carbons (Fsp3) is 0.692. The minimum Gasteiger partial charge on any atom is -0.381 e. The third-order valence-electron chi connectivity index (χ3n) is 4.01. The van der Waals surface area contributed by atoms with E-state index in [0.717, 1.165) is 50.6 Å². The molecule has 0 unspecified atom stereocenters. The topological polar surface area (TPSA) is 42.4 Å². The Bertz CT molecular complexity index is 413. The SMILES string of the molecule is O=C1CC[C@@]2(CCOC2)CN1CCc1nccs1. The smallest absolute Gasteiger partial charge is 0.222 e. The molecule has 0 N–H and O–H groups in total. The molecule has 0 bridgehead atoms. The summed E-state index contributed by atoms with van der Waals surface area (Å²) in [7, 11) is 0. The van der Waals surface area contributed by atoms with Crippen molar-refractivity contribution >= 4 is 17.2 Å². The molecule has 3 rings (SSSR count). The first kappa shape index (κ1) is 12.1. The number of aromatic nitrogens is 1. The summed E-state index contributed by atoms with van der Waals surface area (Å²) < 4.78 is 5.52. The molecule has 1 atom stereocenters. The Morgan fingerprint density at radius 2 is 2.44 bits per heavy atom. The maximum Gasteiger partial charge on any atom is 0.222 e. The Balaban J connectivity index is 1.61. The van der Waals surface area contributed by atoms with E-state index < -0.39 is 0 Å². The third kappa shape index (κ3) is 2.42. The van der Waals surface area contributed by atoms with Gasteiger partial charge in [-0.15, -0.1) is 11.3 Å². The molecule has 2 aliphatic heterocycles. The molecule has 18 heavy (non-hydrogen) atoms. The molecule has 5 heteroatoms. The van der Waals surface area contributed by atoms with Crippen LogP contribution in [0.2, 0.25) is 0 Å². The molecule has 1 aromatic heterocycles. The van der Waals surface area contributed by atoms with Crippen molar-refractivity contribution in [3.63, 3.8) is 0 Å². The lowest BCUT2D eigenvalue weighted by Gasteiger charge is -2.39. The summed E-state index contributed by atoms with van der Waals surface area (Å²) >= 11 is 1.66. The lowest BCUT2D eigenvalue weighted by atomic mass is 9.79. The Kier molecular flexibility index (Phi) is 3.35. The van der Waals surface area contributed by atoms with Gasteiger partial charge in [0.15, 0.2) is 0 Å². The largest absolute Gasteiger partial charge is 0.381 e. The molecule has 3 heterocycles. The van der Waals surface area contributed by atoms with Gasteiger partial charge in [-0.3, -0.25) is 4.79 Å². The van der Waals surface area contributed by atoms with Crippen LogP contribution in [-0.4, -0.2) is 42.1 Å². The van der Waals surface area contributed by atoms with E-state index in [1.54, 1.807) is 11.3 Å². The number of carbonyl (C=O) groups excluding carboxylic acids is 1. The molecule has 0 saturated carbocycles. The van der Waals surface area contributed by atoms with Crippen molar-refractivity contribution in [1.82, 2.24) is 9.88 Å². The number of piperidine rings is 1. The molecular formula is C13H18N2O2S. The van der Waals surface area contributed by atoms with Gasteiger partial charge >= 0.3 is 0 Å². The van der Waals surface area contributed by atoms with Gasteiger partial charge in [-0.05, 0) is 12.8 Å². The second-order valence-electron chi connectivity index (χ2n) is 5.29. The fourth-order valence-corrected chi connectivity index (χ4v) is 3.49. The minimum absolute atomic E-state index is 0.247. The summed E-state index contributed by atoms with van der Waals surface area (Å²) in [4.78, 5) is 18.2. The third-order valence-corrected chi connectivity index (χ3v) is 4.85. The van der Waals surface area contributed by atoms with E-state index >= 15 is 0 Å². The Labute approximate surface area is 111 Å². The lowest BCUT2D eigenvalue weighted by Crippen LogP contribution is -2.47. The number of amides is 1. The number of rotatable bonds is 3. The number of carbonyl (C=O) groups is 1. The summed E-state index contributed by atoms with van der Waals surface area (Å²) in [5, 5.41) is 3.10. The van der Waals surface area contributed by atoms with Crippen LogP contribution < -0.4 is 0 Å². The molecule has 2 saturated heterocycles. The Morgan fingerprint density at radius 1 is 1.50 bits per heavy atom. The van der Waals surface area contributed by atoms with Crippen molar-refractivity contribution < 1.29 is 9.53 Å². The first-order valence-electron chi connectivity index (χ1n) is 6.51. The van der Waals surface area contributed by atoms with Crippen molar-refractivity contribution in [3.05, 3.63) is 16.6 Å². The lowest BCUT2D eigenvalue weighted by molar-refractivity contribution is -0.137. The molecule has 0 aliphatic carbocycles. The average molecular weight is 266 g/mol. The van der Waals surface area contributed by atoms with Crippen LogP contribution in [0, 0.1) is 5.41 Å². The van der Waals surface area contributed by atoms with Gasteiger partial charge in [0.05, 0.1) is 11.6 Å². The van der Waals surface area contributed by atoms with Crippen LogP contribution in [0.1, 0.15) is 24.3 Å². The van der Waals surface area contributed by atoms with Gasteiger partial charge < -0.3 is 9.64 Å². The summed E-state index contributed by atoms with van der Waals surface area (Å²) in [6.45, 7) is 3.36. The molecule has 4 nitrogen and oxygen atoms in total. The van der Waals surface area contributed by atoms with Crippen LogP contribution in [0.15, 0.2) is 11.6 Å². The molecule has 2 aliphatic rings. The van der Waals surface area contributed by atoms with E-state index in [1.165, 1.54) is 0 Å². The van der Waals surface area contributed by atoms with E-state index in [2.05, 4.69) is 4.98 Å². The van der Waals surface area contributed by atoms with Crippen LogP contribution >= 0.6 is 11.3 Å². The molecule has 1 amide bonds. The highest BCUT2D eigenvalue weighted by Gasteiger charge is 2.41. The van der Waals surface area contributed by atoms with E-state index in [-0.39, 0.29) is 5.41 Å². The van der Waals surface area contributed by atoms with Gasteiger partial charge in [0.25, 0.3) is 0 Å². The molecule has 0 aromatic carbocycles. The zero-order valence-corrected chi connectivity index (χ0v) is 11.2. The molecule has 0 radical (unpaired) electrons. The van der Waals surface area contributed by atoms with E-state index in [4.69, 9.17) is 4.74 Å². The fourth-order valence-electron chi connectivity index (χ4n) is 2.88. The van der Waals surface area contributed by atoms with Crippen molar-refractivity contribution in [2.45, 2.75) is 25.7 Å². The highest BCUT2D eigenvalue weighted by molar-refractivity contribution is 7.09. The van der Waals surface area contributed by atoms with Crippen molar-refractivity contribution in [3.8, 4) is 0 Å². The van der Waals surface area contributed by atoms with Crippen molar-refractivity contribution in [1.29, 1.82) is 0 Å². The summed E-state index contributed by atoms with van der Waals surface area (Å²) in [6, 6.07) is 0. The van der Waals surface area contributed by atoms with Gasteiger partial charge in [-0.25, -0.2) is 4.98 Å². The monoisotopic (exact) mass is 266 g/mol. The Morgan fingerprint density at radius 3 is 3.17 bits per heavy atom. The maximum atomic E-state index is 12.0. The van der Waals surface area contributed by atoms with E-state index in [1.807, 2.05) is 16.5 Å². The van der Waals surface area contributed by atoms with Crippen molar-refractivity contribution in [2.24, 2.45) is 5.41 Å². The number of hydrogen-bond acceptors (Lipinski definition) is 4. The molecule has 2 fully saturated rings. The molecule has 1 spiro atoms. The highest BCUT2D eigenvalue weighted by atomic mass is 32.1. The summed E-state index contributed by atoms with van der Waals surface area (Å²) in [5.41, 5.74) is 0.247. The van der Waals surface area contributed by atoms with Crippen LogP contribution in [0.5, 0.6) is 0 Å². The van der Waals surface area contributed by atoms with Crippen molar-refractivity contribution in [2.75, 3.05) is 26.3 Å². The minimum atomic E-state index is 0.247. The zero-order chi connectivity index (χ0) is 12.4. The summed E-state index contributed by atoms with van der Waals surface area (Å²) in [5.74, 6) is 0.295. The predicted octanol–water partition coefficient (Wildman–Crippen LogP) is 1.71. The maximum absolute atomic E-state index is 12.0. The quantitative estimate of drug-likeness (QED) is 0.836. The van der Waals surface area contributed by atoms with E-state index in [0.29, 0.717) is 12.3 Å². The first-order chi connectivity index (χ1) is 8.77. The van der Waals surface area contributed by atoms with Gasteiger partial charge in [0.2, 0.25) is 5.91 Å². The van der Waals surface area contributed by atoms with Crippen LogP contribution in [-0.2, 0) is 16.0 Å². The zero-order valence-electron chi connectivity index (χ0n) is 10.4. The number of likely N-dealkylation sites (tertiary alicyclic amines) is 1. The van der Waals surface area contributed by atoms with Gasteiger partial charge in [-0.2, -0.15) is 0 Å². The normalized spacial score (nSPS) is 28.2. The average Bonchev–Trinajstić information content (AvgIpc) is 3.03. The van der Waals surface area contributed by atoms with E-state index in [9.17, 15) is 4.79 Å². The first-order valence-corrected chi connectivity index (χ1v) is 7.39. The molecular weight excluding hydrogens is 248 g/mol. The van der Waals surface area contributed by atoms with Crippen LogP contribution in [0.4, 0.5) is 0 Å². The predicted molar refractivity (Wildman–Crippen MR) is 69.5 cm³/mol. The van der Waals surface area contributed by atoms with Gasteiger partial charge in [0, 0.05) is 49.5 Å². The number of nitrogens with zero attached hydrogens (tertiary/aromatic N) is 2. The number of thiazole rings is 1. The van der Waals surface area contributed by atoms with Crippen LogP contribution in [0.25, 0.3) is 0 Å². The second kappa shape index (κ2) is 4.97. The molecule has 1 aromatic rings. The second-order valence-corrected chi connectivity index (χ2v) is 6.27. The number of hydrogen-bond donors (Lipinski definition) is 0. The van der Waals surface area contributed by atoms with Crippen LogP contribution in [0.3, 0.4) is 0 Å². The number of ether oxygens (including phenoxy) is 1. The Hall–Kier alpha value is -0.940. The molecule has 98 valence electrons.